The summed E-state index contributed by atoms with van der Waals surface area (Å²) < 4.78 is 0. The first-order valence-electron chi connectivity index (χ1n) is 5.72. The predicted molar refractivity (Wildman–Crippen MR) is 69.5 cm³/mol. The molecule has 1 amide bonds. The van der Waals surface area contributed by atoms with Gasteiger partial charge in [-0.3, -0.25) is 9.78 Å². The highest BCUT2D eigenvalue weighted by Gasteiger charge is 2.21. The monoisotopic (exact) mass is 250 g/mol. The number of carbonyl (C=O) groups is 1. The third-order valence-corrected chi connectivity index (χ3v) is 2.68. The van der Waals surface area contributed by atoms with Crippen LogP contribution in [0.3, 0.4) is 0 Å². The van der Waals surface area contributed by atoms with Gasteiger partial charge in [0, 0.05) is 5.69 Å². The van der Waals surface area contributed by atoms with Gasteiger partial charge in [0.1, 0.15) is 0 Å². The van der Waals surface area contributed by atoms with Crippen LogP contribution in [0, 0.1) is 19.8 Å². The maximum absolute atomic E-state index is 12.0. The number of aryl methyl sites for hydroxylation is 2. The van der Waals surface area contributed by atoms with Gasteiger partial charge in [0.25, 0.3) is 0 Å². The summed E-state index contributed by atoms with van der Waals surface area (Å²) in [5.74, 6) is -1.04. The molecular formula is C12H18N4O2. The van der Waals surface area contributed by atoms with Crippen molar-refractivity contribution in [1.82, 2.24) is 4.98 Å². The van der Waals surface area contributed by atoms with Gasteiger partial charge in [-0.05, 0) is 32.4 Å². The number of rotatable bonds is 4. The largest absolute Gasteiger partial charge is 0.409 e. The van der Waals surface area contributed by atoms with Gasteiger partial charge in [0.15, 0.2) is 5.84 Å². The van der Waals surface area contributed by atoms with Crippen LogP contribution in [-0.2, 0) is 4.79 Å². The number of pyridine rings is 1. The highest BCUT2D eigenvalue weighted by Crippen LogP contribution is 2.15. The molecular weight excluding hydrogens is 232 g/mol. The van der Waals surface area contributed by atoms with E-state index in [0.717, 1.165) is 11.4 Å². The lowest BCUT2D eigenvalue weighted by molar-refractivity contribution is -0.118. The Bertz CT molecular complexity index is 471. The first kappa shape index (κ1) is 14.0. The summed E-state index contributed by atoms with van der Waals surface area (Å²) in [6, 6.07) is 3.60. The van der Waals surface area contributed by atoms with E-state index in [0.29, 0.717) is 12.1 Å². The van der Waals surface area contributed by atoms with Crippen LogP contribution in [0.15, 0.2) is 17.3 Å². The quantitative estimate of drug-likeness (QED) is 0.325. The second-order valence-corrected chi connectivity index (χ2v) is 4.06. The van der Waals surface area contributed by atoms with Gasteiger partial charge in [-0.25, -0.2) is 0 Å². The van der Waals surface area contributed by atoms with Crippen molar-refractivity contribution < 1.29 is 10.0 Å². The molecule has 98 valence electrons. The zero-order chi connectivity index (χ0) is 13.7. The molecule has 0 aromatic carbocycles. The summed E-state index contributed by atoms with van der Waals surface area (Å²) in [5.41, 5.74) is 7.72. The number of oxime groups is 1. The fourth-order valence-electron chi connectivity index (χ4n) is 1.64. The molecule has 1 aromatic heterocycles. The summed E-state index contributed by atoms with van der Waals surface area (Å²) in [5, 5.41) is 14.2. The lowest BCUT2D eigenvalue weighted by atomic mass is 10.0. The molecule has 0 aliphatic heterocycles. The zero-order valence-corrected chi connectivity index (χ0v) is 10.8. The van der Waals surface area contributed by atoms with E-state index in [2.05, 4.69) is 15.5 Å². The lowest BCUT2D eigenvalue weighted by Gasteiger charge is -2.14. The number of amidine groups is 1. The third kappa shape index (κ3) is 3.19. The Kier molecular flexibility index (Phi) is 4.65. The molecule has 1 rings (SSSR count). The molecule has 4 N–H and O–H groups in total. The molecule has 0 radical (unpaired) electrons. The molecule has 0 aliphatic carbocycles. The van der Waals surface area contributed by atoms with Crippen molar-refractivity contribution in [1.29, 1.82) is 0 Å². The molecule has 6 heteroatoms. The molecule has 0 fully saturated rings. The number of amides is 1. The van der Waals surface area contributed by atoms with E-state index in [9.17, 15) is 4.79 Å². The minimum Gasteiger partial charge on any atom is -0.409 e. The molecule has 1 aromatic rings. The maximum Gasteiger partial charge on any atom is 0.235 e. The van der Waals surface area contributed by atoms with Crippen molar-refractivity contribution in [3.05, 3.63) is 23.5 Å². The molecule has 1 unspecified atom stereocenters. The Morgan fingerprint density at radius 2 is 2.22 bits per heavy atom. The van der Waals surface area contributed by atoms with E-state index in [-0.39, 0.29) is 11.7 Å². The Morgan fingerprint density at radius 1 is 1.56 bits per heavy atom. The highest BCUT2D eigenvalue weighted by atomic mass is 16.4. The van der Waals surface area contributed by atoms with Crippen LogP contribution in [0.1, 0.15) is 24.7 Å². The number of hydrogen-bond acceptors (Lipinski definition) is 4. The van der Waals surface area contributed by atoms with Gasteiger partial charge in [0.05, 0.1) is 17.3 Å². The smallest absolute Gasteiger partial charge is 0.235 e. The summed E-state index contributed by atoms with van der Waals surface area (Å²) in [6.07, 6.45) is 0.458. The Hall–Kier alpha value is -2.11. The van der Waals surface area contributed by atoms with E-state index in [4.69, 9.17) is 10.9 Å². The summed E-state index contributed by atoms with van der Waals surface area (Å²) >= 11 is 0. The fraction of sp³-hybridized carbons (Fsp3) is 0.417. The molecule has 0 spiro atoms. The van der Waals surface area contributed by atoms with Crippen molar-refractivity contribution in [3.63, 3.8) is 0 Å². The van der Waals surface area contributed by atoms with Gasteiger partial charge in [-0.1, -0.05) is 12.1 Å². The average Bonchev–Trinajstić information content (AvgIpc) is 2.33. The van der Waals surface area contributed by atoms with Gasteiger partial charge >= 0.3 is 0 Å². The number of aromatic nitrogens is 1. The second kappa shape index (κ2) is 6.00. The van der Waals surface area contributed by atoms with Crippen molar-refractivity contribution in [2.24, 2.45) is 16.8 Å². The normalized spacial score (nSPS) is 13.2. The van der Waals surface area contributed by atoms with Crippen molar-refractivity contribution in [2.45, 2.75) is 27.2 Å². The maximum atomic E-state index is 12.0. The van der Waals surface area contributed by atoms with Gasteiger partial charge < -0.3 is 16.3 Å². The van der Waals surface area contributed by atoms with Crippen LogP contribution in [0.5, 0.6) is 0 Å². The SMILES string of the molecule is CCC(C(=O)Nc1ccc(C)nc1C)C(N)=NO. The summed E-state index contributed by atoms with van der Waals surface area (Å²) in [7, 11) is 0. The number of hydrogen-bond donors (Lipinski definition) is 3. The third-order valence-electron chi connectivity index (χ3n) is 2.68. The standard InChI is InChI=1S/C12H18N4O2/c1-4-9(11(13)16-18)12(17)15-10-6-5-7(2)14-8(10)3/h5-6,9,18H,4H2,1-3H3,(H2,13,16)(H,15,17). The van der Waals surface area contributed by atoms with Crippen LogP contribution in [0.2, 0.25) is 0 Å². The molecule has 1 atom stereocenters. The average molecular weight is 250 g/mol. The van der Waals surface area contributed by atoms with Crippen LogP contribution < -0.4 is 11.1 Å². The molecule has 0 aliphatic rings. The Morgan fingerprint density at radius 3 is 2.72 bits per heavy atom. The first-order valence-corrected chi connectivity index (χ1v) is 5.72. The number of nitrogens with two attached hydrogens (primary N) is 1. The number of nitrogens with zero attached hydrogens (tertiary/aromatic N) is 2. The number of carbonyl (C=O) groups excluding carboxylic acids is 1. The lowest BCUT2D eigenvalue weighted by Crippen LogP contribution is -2.34. The van der Waals surface area contributed by atoms with Gasteiger partial charge in [-0.2, -0.15) is 0 Å². The van der Waals surface area contributed by atoms with E-state index in [1.54, 1.807) is 13.0 Å². The molecule has 0 saturated carbocycles. The Balaban J connectivity index is 2.86. The summed E-state index contributed by atoms with van der Waals surface area (Å²) in [6.45, 7) is 5.49. The number of anilines is 1. The molecule has 1 heterocycles. The molecule has 18 heavy (non-hydrogen) atoms. The zero-order valence-electron chi connectivity index (χ0n) is 10.8. The van der Waals surface area contributed by atoms with Gasteiger partial charge in [-0.15, -0.1) is 0 Å². The van der Waals surface area contributed by atoms with E-state index in [1.807, 2.05) is 19.9 Å². The van der Waals surface area contributed by atoms with Crippen molar-refractivity contribution in [3.8, 4) is 0 Å². The second-order valence-electron chi connectivity index (χ2n) is 4.06. The van der Waals surface area contributed by atoms with Crippen molar-refractivity contribution >= 4 is 17.4 Å². The van der Waals surface area contributed by atoms with E-state index >= 15 is 0 Å². The molecule has 0 bridgehead atoms. The van der Waals surface area contributed by atoms with Crippen LogP contribution in [0.4, 0.5) is 5.69 Å². The Labute approximate surface area is 106 Å². The highest BCUT2D eigenvalue weighted by molar-refractivity contribution is 6.07. The number of nitrogens with one attached hydrogen (secondary N) is 1. The summed E-state index contributed by atoms with van der Waals surface area (Å²) in [4.78, 5) is 16.2. The molecule has 0 saturated heterocycles. The van der Waals surface area contributed by atoms with E-state index < -0.39 is 5.92 Å². The van der Waals surface area contributed by atoms with Crippen LogP contribution in [0.25, 0.3) is 0 Å². The van der Waals surface area contributed by atoms with Gasteiger partial charge in [0.2, 0.25) is 5.91 Å². The van der Waals surface area contributed by atoms with Crippen LogP contribution >= 0.6 is 0 Å². The van der Waals surface area contributed by atoms with E-state index in [1.165, 1.54) is 0 Å². The van der Waals surface area contributed by atoms with Crippen LogP contribution in [-0.4, -0.2) is 21.9 Å². The minimum atomic E-state index is -0.643. The van der Waals surface area contributed by atoms with Crippen molar-refractivity contribution in [2.75, 3.05) is 5.32 Å². The fourth-order valence-corrected chi connectivity index (χ4v) is 1.64. The molecule has 6 nitrogen and oxygen atoms in total. The first-order chi connectivity index (χ1) is 8.49. The predicted octanol–water partition coefficient (Wildman–Crippen LogP) is 1.41. The topological polar surface area (TPSA) is 101 Å². The minimum absolute atomic E-state index is 0.0901.